The van der Waals surface area contributed by atoms with Gasteiger partial charge < -0.3 is 9.84 Å². The second-order valence-electron chi connectivity index (χ2n) is 5.42. The summed E-state index contributed by atoms with van der Waals surface area (Å²) in [6.45, 7) is 3.22. The lowest BCUT2D eigenvalue weighted by atomic mass is 9.92. The fourth-order valence-corrected chi connectivity index (χ4v) is 2.94. The zero-order valence-electron chi connectivity index (χ0n) is 11.8. The Kier molecular flexibility index (Phi) is 3.78. The molecule has 0 spiro atoms. The SMILES string of the molecule is CCCC1(c2nc(Cc3cccnc3)no2)CCCN1. The minimum absolute atomic E-state index is 0.102. The van der Waals surface area contributed by atoms with E-state index in [9.17, 15) is 0 Å². The van der Waals surface area contributed by atoms with E-state index in [0.29, 0.717) is 6.42 Å². The van der Waals surface area contributed by atoms with Crippen molar-refractivity contribution in [3.05, 3.63) is 41.8 Å². The van der Waals surface area contributed by atoms with Gasteiger partial charge in [-0.05, 0) is 37.4 Å². The first kappa shape index (κ1) is 13.2. The Labute approximate surface area is 118 Å². The van der Waals surface area contributed by atoms with E-state index in [1.165, 1.54) is 6.42 Å². The van der Waals surface area contributed by atoms with Crippen LogP contribution >= 0.6 is 0 Å². The van der Waals surface area contributed by atoms with Crippen LogP contribution in [0.1, 0.15) is 49.9 Å². The molecule has 0 aliphatic carbocycles. The molecule has 0 bridgehead atoms. The van der Waals surface area contributed by atoms with Gasteiger partial charge in [0.15, 0.2) is 5.82 Å². The third-order valence-electron chi connectivity index (χ3n) is 3.88. The largest absolute Gasteiger partial charge is 0.337 e. The van der Waals surface area contributed by atoms with E-state index in [2.05, 4.69) is 27.4 Å². The van der Waals surface area contributed by atoms with Crippen LogP contribution in [-0.4, -0.2) is 21.7 Å². The van der Waals surface area contributed by atoms with Crippen molar-refractivity contribution in [3.63, 3.8) is 0 Å². The molecule has 106 valence electrons. The monoisotopic (exact) mass is 272 g/mol. The zero-order chi connectivity index (χ0) is 13.8. The van der Waals surface area contributed by atoms with E-state index in [0.717, 1.165) is 43.1 Å². The molecule has 5 heteroatoms. The summed E-state index contributed by atoms with van der Waals surface area (Å²) in [4.78, 5) is 8.72. The maximum absolute atomic E-state index is 5.53. The normalized spacial score (nSPS) is 22.2. The van der Waals surface area contributed by atoms with Gasteiger partial charge in [-0.3, -0.25) is 4.98 Å². The molecule has 3 heterocycles. The lowest BCUT2D eigenvalue weighted by molar-refractivity contribution is 0.240. The van der Waals surface area contributed by atoms with Crippen LogP contribution in [0.15, 0.2) is 29.0 Å². The van der Waals surface area contributed by atoms with Crippen molar-refractivity contribution < 1.29 is 4.52 Å². The summed E-state index contributed by atoms with van der Waals surface area (Å²) in [5, 5.41) is 7.69. The van der Waals surface area contributed by atoms with Gasteiger partial charge in [-0.25, -0.2) is 0 Å². The molecule has 2 aromatic heterocycles. The molecule has 20 heavy (non-hydrogen) atoms. The zero-order valence-corrected chi connectivity index (χ0v) is 11.8. The van der Waals surface area contributed by atoms with E-state index in [1.807, 2.05) is 18.3 Å². The van der Waals surface area contributed by atoms with Crippen molar-refractivity contribution in [2.24, 2.45) is 0 Å². The molecule has 1 unspecified atom stereocenters. The molecule has 0 aromatic carbocycles. The first-order valence-corrected chi connectivity index (χ1v) is 7.29. The van der Waals surface area contributed by atoms with Crippen molar-refractivity contribution in [2.45, 2.75) is 44.6 Å². The summed E-state index contributed by atoms with van der Waals surface area (Å²) in [6.07, 6.45) is 8.67. The smallest absolute Gasteiger partial charge is 0.246 e. The summed E-state index contributed by atoms with van der Waals surface area (Å²) in [7, 11) is 0. The molecule has 0 amide bonds. The minimum atomic E-state index is -0.102. The van der Waals surface area contributed by atoms with Crippen LogP contribution in [0.2, 0.25) is 0 Å². The molecule has 1 saturated heterocycles. The predicted molar refractivity (Wildman–Crippen MR) is 75.2 cm³/mol. The van der Waals surface area contributed by atoms with Gasteiger partial charge in [-0.15, -0.1) is 0 Å². The van der Waals surface area contributed by atoms with Crippen LogP contribution in [-0.2, 0) is 12.0 Å². The average Bonchev–Trinajstić information content (AvgIpc) is 3.10. The molecule has 3 rings (SSSR count). The highest BCUT2D eigenvalue weighted by atomic mass is 16.5. The fraction of sp³-hybridized carbons (Fsp3) is 0.533. The van der Waals surface area contributed by atoms with Gasteiger partial charge in [0.2, 0.25) is 5.89 Å². The van der Waals surface area contributed by atoms with E-state index in [-0.39, 0.29) is 5.54 Å². The van der Waals surface area contributed by atoms with E-state index < -0.39 is 0 Å². The molecule has 0 saturated carbocycles. The summed E-state index contributed by atoms with van der Waals surface area (Å²) in [6, 6.07) is 3.95. The Morgan fingerprint density at radius 3 is 3.10 bits per heavy atom. The van der Waals surface area contributed by atoms with Gasteiger partial charge >= 0.3 is 0 Å². The maximum Gasteiger partial charge on any atom is 0.246 e. The van der Waals surface area contributed by atoms with Crippen LogP contribution in [0.25, 0.3) is 0 Å². The minimum Gasteiger partial charge on any atom is -0.337 e. The Balaban J connectivity index is 1.79. The molecule has 0 radical (unpaired) electrons. The van der Waals surface area contributed by atoms with Gasteiger partial charge in [0, 0.05) is 18.8 Å². The first-order valence-electron chi connectivity index (χ1n) is 7.29. The van der Waals surface area contributed by atoms with Crippen LogP contribution in [0, 0.1) is 0 Å². The number of hydrogen-bond donors (Lipinski definition) is 1. The molecule has 1 fully saturated rings. The number of pyridine rings is 1. The van der Waals surface area contributed by atoms with E-state index in [4.69, 9.17) is 4.52 Å². The van der Waals surface area contributed by atoms with E-state index in [1.54, 1.807) is 6.20 Å². The molecule has 2 aromatic rings. The maximum atomic E-state index is 5.53. The van der Waals surface area contributed by atoms with Crippen molar-refractivity contribution in [1.82, 2.24) is 20.4 Å². The molecule has 5 nitrogen and oxygen atoms in total. The second-order valence-corrected chi connectivity index (χ2v) is 5.42. The number of hydrogen-bond acceptors (Lipinski definition) is 5. The number of nitrogens with one attached hydrogen (secondary N) is 1. The molecule has 1 aliphatic heterocycles. The van der Waals surface area contributed by atoms with Gasteiger partial charge in [0.1, 0.15) is 0 Å². The summed E-state index contributed by atoms with van der Waals surface area (Å²) >= 11 is 0. The Hall–Kier alpha value is -1.75. The third kappa shape index (κ3) is 2.58. The quantitative estimate of drug-likeness (QED) is 0.905. The standard InChI is InChI=1S/C15H20N4O/c1-2-6-15(7-4-9-17-15)14-18-13(19-20-14)10-12-5-3-8-16-11-12/h3,5,8,11,17H,2,4,6-7,9-10H2,1H3. The van der Waals surface area contributed by atoms with Crippen molar-refractivity contribution >= 4 is 0 Å². The first-order chi connectivity index (χ1) is 9.82. The molecule has 1 atom stereocenters. The van der Waals surface area contributed by atoms with Gasteiger partial charge in [0.05, 0.1) is 5.54 Å². The van der Waals surface area contributed by atoms with Crippen LogP contribution in [0.5, 0.6) is 0 Å². The topological polar surface area (TPSA) is 63.8 Å². The highest BCUT2D eigenvalue weighted by Gasteiger charge is 2.39. The fourth-order valence-electron chi connectivity index (χ4n) is 2.94. The summed E-state index contributed by atoms with van der Waals surface area (Å²) < 4.78 is 5.53. The lowest BCUT2D eigenvalue weighted by Gasteiger charge is -2.24. The Morgan fingerprint density at radius 2 is 2.40 bits per heavy atom. The lowest BCUT2D eigenvalue weighted by Crippen LogP contribution is -2.37. The second kappa shape index (κ2) is 5.71. The predicted octanol–water partition coefficient (Wildman–Crippen LogP) is 2.43. The number of aromatic nitrogens is 3. The van der Waals surface area contributed by atoms with Crippen LogP contribution < -0.4 is 5.32 Å². The van der Waals surface area contributed by atoms with Gasteiger partial charge in [-0.1, -0.05) is 24.6 Å². The summed E-state index contributed by atoms with van der Waals surface area (Å²) in [5.41, 5.74) is 0.998. The van der Waals surface area contributed by atoms with Crippen molar-refractivity contribution in [2.75, 3.05) is 6.54 Å². The van der Waals surface area contributed by atoms with Crippen molar-refractivity contribution in [1.29, 1.82) is 0 Å². The molecular formula is C15H20N4O. The van der Waals surface area contributed by atoms with Crippen molar-refractivity contribution in [3.8, 4) is 0 Å². The van der Waals surface area contributed by atoms with Crippen LogP contribution in [0.4, 0.5) is 0 Å². The Bertz CT molecular complexity index is 546. The highest BCUT2D eigenvalue weighted by Crippen LogP contribution is 2.34. The molecule has 1 aliphatic rings. The number of rotatable bonds is 5. The summed E-state index contributed by atoms with van der Waals surface area (Å²) in [5.74, 6) is 1.48. The molecular weight excluding hydrogens is 252 g/mol. The highest BCUT2D eigenvalue weighted by molar-refractivity contribution is 5.15. The average molecular weight is 272 g/mol. The van der Waals surface area contributed by atoms with Gasteiger partial charge in [0.25, 0.3) is 0 Å². The van der Waals surface area contributed by atoms with E-state index >= 15 is 0 Å². The van der Waals surface area contributed by atoms with Gasteiger partial charge in [-0.2, -0.15) is 4.98 Å². The Morgan fingerprint density at radius 1 is 1.45 bits per heavy atom. The number of nitrogens with zero attached hydrogens (tertiary/aromatic N) is 3. The third-order valence-corrected chi connectivity index (χ3v) is 3.88. The van der Waals surface area contributed by atoms with Crippen LogP contribution in [0.3, 0.4) is 0 Å². The molecule has 1 N–H and O–H groups in total.